The Kier molecular flexibility index (Phi) is 7.79. The Morgan fingerprint density at radius 2 is 1.74 bits per heavy atom. The van der Waals surface area contributed by atoms with Crippen LogP contribution in [0.2, 0.25) is 0 Å². The number of nitrogens with one attached hydrogen (secondary N) is 3. The van der Waals surface area contributed by atoms with Gasteiger partial charge in [0.05, 0.1) is 4.90 Å². The predicted molar refractivity (Wildman–Crippen MR) is 135 cm³/mol. The first-order valence-electron chi connectivity index (χ1n) is 12.0. The highest BCUT2D eigenvalue weighted by atomic mass is 32.2. The molecule has 0 spiro atoms. The fourth-order valence-corrected chi connectivity index (χ4v) is 5.32. The number of fused-ring (bicyclic) bond motifs is 1. The number of urea groups is 1. The number of hydrazine groups is 1. The van der Waals surface area contributed by atoms with Gasteiger partial charge in [-0.2, -0.15) is 9.73 Å². The summed E-state index contributed by atoms with van der Waals surface area (Å²) >= 11 is 0. The number of sulfonamides is 1. The van der Waals surface area contributed by atoms with Crippen molar-refractivity contribution in [1.82, 2.24) is 20.5 Å². The van der Waals surface area contributed by atoms with E-state index in [1.54, 1.807) is 44.2 Å². The number of hydrogen-bond donors (Lipinski definition) is 3. The van der Waals surface area contributed by atoms with Gasteiger partial charge in [-0.05, 0) is 30.5 Å². The lowest BCUT2D eigenvalue weighted by atomic mass is 9.92. The Labute approximate surface area is 224 Å². The number of carbonyl (C=O) groups excluding carboxylic acids is 4. The lowest BCUT2D eigenvalue weighted by Gasteiger charge is -2.23. The maximum absolute atomic E-state index is 13.0. The third-order valence-electron chi connectivity index (χ3n) is 6.15. The van der Waals surface area contributed by atoms with Crippen LogP contribution < -0.4 is 24.9 Å². The average molecular weight is 561 g/mol. The molecule has 0 saturated carbocycles. The Balaban J connectivity index is 1.37. The molecule has 0 radical (unpaired) electrons. The van der Waals surface area contributed by atoms with E-state index in [1.165, 1.54) is 25.1 Å². The van der Waals surface area contributed by atoms with Crippen molar-refractivity contribution in [2.45, 2.75) is 37.2 Å². The molecule has 3 N–H and O–H groups in total. The van der Waals surface area contributed by atoms with Crippen molar-refractivity contribution in [3.05, 3.63) is 54.1 Å². The molecule has 39 heavy (non-hydrogen) atoms. The summed E-state index contributed by atoms with van der Waals surface area (Å²) in [6, 6.07) is 10.3. The molecule has 4 amide bonds. The van der Waals surface area contributed by atoms with Crippen LogP contribution >= 0.6 is 0 Å². The van der Waals surface area contributed by atoms with Crippen molar-refractivity contribution >= 4 is 33.8 Å². The summed E-state index contributed by atoms with van der Waals surface area (Å²) in [5.41, 5.74) is 1.23. The number of nitrogens with zero attached hydrogens (tertiary/aromatic N) is 1. The maximum Gasteiger partial charge on any atom is 0.344 e. The molecule has 2 aliphatic rings. The van der Waals surface area contributed by atoms with Gasteiger partial charge in [0.2, 0.25) is 10.0 Å². The summed E-state index contributed by atoms with van der Waals surface area (Å²) in [6.07, 6.45) is 0. The second-order valence-corrected chi connectivity index (χ2v) is 11.1. The molecule has 4 rings (SSSR count). The van der Waals surface area contributed by atoms with E-state index >= 15 is 0 Å². The molecule has 2 atom stereocenters. The van der Waals surface area contributed by atoms with Crippen molar-refractivity contribution in [2.75, 3.05) is 19.8 Å². The highest BCUT2D eigenvalue weighted by molar-refractivity contribution is 7.89. The Hall–Kier alpha value is -4.17. The minimum atomic E-state index is -4.19. The average Bonchev–Trinajstić information content (AvgIpc) is 3.14. The van der Waals surface area contributed by atoms with Gasteiger partial charge in [0, 0.05) is 6.07 Å². The Bertz CT molecular complexity index is 1400. The van der Waals surface area contributed by atoms with E-state index in [0.29, 0.717) is 22.9 Å². The summed E-state index contributed by atoms with van der Waals surface area (Å²) in [6.45, 7) is 4.42. The van der Waals surface area contributed by atoms with Crippen LogP contribution in [0.25, 0.3) is 0 Å². The minimum Gasteiger partial charge on any atom is -0.486 e. The number of benzene rings is 2. The first kappa shape index (κ1) is 27.9. The van der Waals surface area contributed by atoms with Crippen LogP contribution in [0, 0.1) is 5.92 Å². The topological polar surface area (TPSA) is 169 Å². The van der Waals surface area contributed by atoms with Crippen molar-refractivity contribution in [2.24, 2.45) is 5.92 Å². The van der Waals surface area contributed by atoms with E-state index in [2.05, 4.69) is 15.5 Å². The molecule has 1 fully saturated rings. The maximum atomic E-state index is 13.0. The summed E-state index contributed by atoms with van der Waals surface area (Å²) in [5, 5.41) is 3.04. The second-order valence-electron chi connectivity index (χ2n) is 9.35. The van der Waals surface area contributed by atoms with Gasteiger partial charge in [-0.1, -0.05) is 44.2 Å². The van der Waals surface area contributed by atoms with Crippen LogP contribution in [0.4, 0.5) is 4.79 Å². The molecule has 1 saturated heterocycles. The van der Waals surface area contributed by atoms with Crippen LogP contribution in [0.3, 0.4) is 0 Å². The summed E-state index contributed by atoms with van der Waals surface area (Å²) in [5.74, 6) is -2.61. The third-order valence-corrected chi connectivity index (χ3v) is 7.59. The lowest BCUT2D eigenvalue weighted by molar-refractivity contribution is -0.152. The van der Waals surface area contributed by atoms with Crippen LogP contribution in [0.15, 0.2) is 53.4 Å². The summed E-state index contributed by atoms with van der Waals surface area (Å²) < 4.78 is 44.1. The van der Waals surface area contributed by atoms with Gasteiger partial charge < -0.3 is 19.5 Å². The molecule has 0 unspecified atom stereocenters. The predicted octanol–water partition coefficient (Wildman–Crippen LogP) is 0.802. The van der Waals surface area contributed by atoms with Crippen LogP contribution in [0.1, 0.15) is 26.3 Å². The number of rotatable bonds is 9. The van der Waals surface area contributed by atoms with Gasteiger partial charge in [-0.15, -0.1) is 0 Å². The first-order chi connectivity index (χ1) is 18.4. The molecule has 0 aromatic heterocycles. The van der Waals surface area contributed by atoms with E-state index in [9.17, 15) is 27.6 Å². The Morgan fingerprint density at radius 1 is 1.08 bits per heavy atom. The van der Waals surface area contributed by atoms with Gasteiger partial charge in [-0.3, -0.25) is 19.8 Å². The Morgan fingerprint density at radius 3 is 2.41 bits per heavy atom. The zero-order valence-corrected chi connectivity index (χ0v) is 22.2. The minimum absolute atomic E-state index is 0.150. The number of carbonyl (C=O) groups is 4. The smallest absolute Gasteiger partial charge is 0.344 e. The monoisotopic (exact) mass is 560 g/mol. The van der Waals surface area contributed by atoms with Gasteiger partial charge in [0.25, 0.3) is 11.8 Å². The number of imide groups is 1. The normalized spacial score (nSPS) is 19.4. The quantitative estimate of drug-likeness (QED) is 0.297. The number of hydrogen-bond acceptors (Lipinski definition) is 9. The number of ether oxygens (including phenoxy) is 3. The second kappa shape index (κ2) is 10.9. The molecule has 0 aliphatic carbocycles. The summed E-state index contributed by atoms with van der Waals surface area (Å²) in [7, 11) is -4.19. The molecule has 2 aromatic carbocycles. The van der Waals surface area contributed by atoms with E-state index in [4.69, 9.17) is 14.2 Å². The van der Waals surface area contributed by atoms with E-state index in [1.807, 2.05) is 0 Å². The van der Waals surface area contributed by atoms with Crippen molar-refractivity contribution < 1.29 is 41.8 Å². The number of esters is 1. The van der Waals surface area contributed by atoms with Crippen molar-refractivity contribution in [1.29, 1.82) is 0 Å². The zero-order valence-electron chi connectivity index (χ0n) is 21.4. The molecule has 2 aliphatic heterocycles. The fourth-order valence-electron chi connectivity index (χ4n) is 3.97. The molecular formula is C25H28N4O9S. The highest BCUT2D eigenvalue weighted by Crippen LogP contribution is 2.32. The molecule has 2 heterocycles. The van der Waals surface area contributed by atoms with Crippen LogP contribution in [-0.4, -0.2) is 63.1 Å². The van der Waals surface area contributed by atoms with Crippen LogP contribution in [-0.2, 0) is 34.7 Å². The van der Waals surface area contributed by atoms with Gasteiger partial charge in [0.15, 0.2) is 18.1 Å². The molecular weight excluding hydrogens is 532 g/mol. The largest absolute Gasteiger partial charge is 0.486 e. The van der Waals surface area contributed by atoms with E-state index in [-0.39, 0.29) is 17.3 Å². The molecule has 0 bridgehead atoms. The van der Waals surface area contributed by atoms with Gasteiger partial charge >= 0.3 is 12.0 Å². The number of amides is 4. The first-order valence-corrected chi connectivity index (χ1v) is 13.5. The van der Waals surface area contributed by atoms with Crippen molar-refractivity contribution in [3.8, 4) is 11.5 Å². The zero-order chi connectivity index (χ0) is 28.4. The highest BCUT2D eigenvalue weighted by Gasteiger charge is 2.50. The standard InChI is InChI=1S/C25H28N4O9S/c1-15(2)21(28-39(34,35)17-9-10-18-19(13-17)37-12-11-36-18)22(31)38-14-20(30)27-29-23(32)25(3,26-24(29)33)16-7-5-4-6-8-16/h4-10,13,15,21,28H,11-12,14H2,1-3H3,(H,26,33)(H,27,30)/t21-,25-/m1/s1. The van der Waals surface area contributed by atoms with Crippen molar-refractivity contribution in [3.63, 3.8) is 0 Å². The van der Waals surface area contributed by atoms with E-state index < -0.39 is 57.9 Å². The summed E-state index contributed by atoms with van der Waals surface area (Å²) in [4.78, 5) is 50.4. The van der Waals surface area contributed by atoms with E-state index in [0.717, 1.165) is 0 Å². The van der Waals surface area contributed by atoms with Crippen LogP contribution in [0.5, 0.6) is 11.5 Å². The molecule has 2 aromatic rings. The third kappa shape index (κ3) is 5.81. The van der Waals surface area contributed by atoms with Gasteiger partial charge in [-0.25, -0.2) is 13.2 Å². The molecule has 14 heteroatoms. The molecule has 13 nitrogen and oxygen atoms in total. The fraction of sp³-hybridized carbons (Fsp3) is 0.360. The SMILES string of the molecule is CC(C)[C@@H](NS(=O)(=O)c1ccc2c(c1)OCCO2)C(=O)OCC(=O)NN1C(=O)N[C@](C)(c2ccccc2)C1=O. The lowest BCUT2D eigenvalue weighted by Crippen LogP contribution is -2.50. The molecule has 208 valence electrons. The van der Waals surface area contributed by atoms with Gasteiger partial charge in [0.1, 0.15) is 24.8 Å².